The van der Waals surface area contributed by atoms with E-state index in [1.54, 1.807) is 44.6 Å². The van der Waals surface area contributed by atoms with Crippen LogP contribution < -0.4 is 20.5 Å². The van der Waals surface area contributed by atoms with Crippen molar-refractivity contribution in [2.45, 2.75) is 30.1 Å². The Morgan fingerprint density at radius 3 is 1.98 bits per heavy atom. The molecule has 13 heteroatoms. The quantitative estimate of drug-likeness (QED) is 0.146. The second-order valence-electron chi connectivity index (χ2n) is 11.9. The van der Waals surface area contributed by atoms with Crippen LogP contribution in [0.5, 0.6) is 11.5 Å². The number of aromatic amines is 1. The van der Waals surface area contributed by atoms with E-state index in [0.29, 0.717) is 17.1 Å². The van der Waals surface area contributed by atoms with Crippen LogP contribution >= 0.6 is 0 Å². The molecule has 51 heavy (non-hydrogen) atoms. The molecule has 1 amide bonds. The monoisotopic (exact) mass is 689 g/mol. The van der Waals surface area contributed by atoms with Gasteiger partial charge in [-0.15, -0.1) is 0 Å². The molecule has 4 N–H and O–H groups in total. The van der Waals surface area contributed by atoms with Crippen LogP contribution in [-0.4, -0.2) is 74.8 Å². The number of H-pyrrole nitrogens is 1. The van der Waals surface area contributed by atoms with Gasteiger partial charge >= 0.3 is 5.69 Å². The lowest BCUT2D eigenvalue weighted by molar-refractivity contribution is -0.0947. The summed E-state index contributed by atoms with van der Waals surface area (Å²) in [5.41, 5.74) is 0.987. The fraction of sp³-hybridized carbons (Fsp3) is 0.211. The highest BCUT2D eigenvalue weighted by Gasteiger charge is 2.47. The number of carbonyl (C=O) groups excluding carboxylic acids is 1. The lowest BCUT2D eigenvalue weighted by atomic mass is 9.80. The van der Waals surface area contributed by atoms with Gasteiger partial charge in [-0.3, -0.25) is 4.79 Å². The Morgan fingerprint density at radius 1 is 0.824 bits per heavy atom. The molecule has 0 radical (unpaired) electrons. The van der Waals surface area contributed by atoms with Gasteiger partial charge in [-0.25, -0.2) is 19.3 Å². The van der Waals surface area contributed by atoms with Crippen LogP contribution in [0.25, 0.3) is 11.2 Å². The topological polar surface area (TPSA) is 170 Å². The average molecular weight is 690 g/mol. The van der Waals surface area contributed by atoms with E-state index in [1.807, 2.05) is 78.9 Å². The fourth-order valence-electron chi connectivity index (χ4n) is 6.40. The lowest BCUT2D eigenvalue weighted by Gasteiger charge is -2.37. The molecule has 3 heterocycles. The molecular formula is C38H35N5O8. The number of aliphatic hydroxyl groups is 2. The number of anilines is 1. The van der Waals surface area contributed by atoms with Crippen molar-refractivity contribution >= 4 is 22.9 Å². The molecule has 260 valence electrons. The highest BCUT2D eigenvalue weighted by atomic mass is 16.6. The standard InChI is InChI=1S/C38H35N5O8/c1-48-27-17-13-25(14-18-27)38(24-11-7-4-8-12-24,26-15-19-28(49-2)20-16-26)50-21-29-31(44)32(45)36(51-29)43-34-30(41-37(43)47)33(39-22-40-34)42-35(46)23-9-5-3-6-10-23/h3-20,22,29,31-32,36,44-45H,21H2,1-2H3,(H,41,47)(H,39,40,42,46)/t29-,31-,32-,36-/m1/s1. The van der Waals surface area contributed by atoms with Crippen molar-refractivity contribution in [3.8, 4) is 11.5 Å². The SMILES string of the molecule is COc1ccc(C(OC[C@H]2O[C@@H](n3c(=O)[nH]c4c(NC(=O)c5ccccc5)ncnc43)[C@H](O)[C@@H]2O)(c2ccccc2)c2ccc(OC)cc2)cc1. The van der Waals surface area contributed by atoms with Gasteiger partial charge in [0.05, 0.1) is 20.8 Å². The van der Waals surface area contributed by atoms with Gasteiger partial charge in [-0.05, 0) is 53.1 Å². The van der Waals surface area contributed by atoms with Gasteiger partial charge in [0.25, 0.3) is 5.91 Å². The summed E-state index contributed by atoms with van der Waals surface area (Å²) in [6.07, 6.45) is -4.24. The number of amides is 1. The molecular weight excluding hydrogens is 654 g/mol. The molecule has 1 aliphatic heterocycles. The summed E-state index contributed by atoms with van der Waals surface area (Å²) >= 11 is 0. The Balaban J connectivity index is 1.22. The first-order valence-electron chi connectivity index (χ1n) is 16.2. The Morgan fingerprint density at radius 2 is 1.39 bits per heavy atom. The molecule has 1 aliphatic rings. The van der Waals surface area contributed by atoms with Crippen LogP contribution in [0.4, 0.5) is 5.82 Å². The summed E-state index contributed by atoms with van der Waals surface area (Å²) in [4.78, 5) is 37.3. The molecule has 13 nitrogen and oxygen atoms in total. The van der Waals surface area contributed by atoms with E-state index in [-0.39, 0.29) is 23.6 Å². The van der Waals surface area contributed by atoms with Gasteiger partial charge in [0.15, 0.2) is 17.7 Å². The summed E-state index contributed by atoms with van der Waals surface area (Å²) < 4.78 is 25.0. The van der Waals surface area contributed by atoms with Crippen molar-refractivity contribution in [1.82, 2.24) is 19.5 Å². The third-order valence-corrected chi connectivity index (χ3v) is 9.00. The van der Waals surface area contributed by atoms with Gasteiger partial charge in [-0.2, -0.15) is 0 Å². The number of aromatic nitrogens is 4. The van der Waals surface area contributed by atoms with Gasteiger partial charge in [0, 0.05) is 5.56 Å². The molecule has 1 saturated heterocycles. The maximum Gasteiger partial charge on any atom is 0.330 e. The smallest absolute Gasteiger partial charge is 0.330 e. The normalized spacial score (nSPS) is 18.8. The van der Waals surface area contributed by atoms with Crippen LogP contribution in [0, 0.1) is 0 Å². The van der Waals surface area contributed by atoms with Gasteiger partial charge < -0.3 is 39.5 Å². The van der Waals surface area contributed by atoms with E-state index >= 15 is 0 Å². The van der Waals surface area contributed by atoms with E-state index in [0.717, 1.165) is 21.3 Å². The van der Waals surface area contributed by atoms with Crippen LogP contribution in [0.15, 0.2) is 120 Å². The summed E-state index contributed by atoms with van der Waals surface area (Å²) in [5, 5.41) is 25.3. The minimum Gasteiger partial charge on any atom is -0.497 e. The molecule has 0 spiro atoms. The van der Waals surface area contributed by atoms with Crippen molar-refractivity contribution in [3.05, 3.63) is 148 Å². The maximum atomic E-state index is 13.4. The second kappa shape index (κ2) is 14.2. The molecule has 0 saturated carbocycles. The van der Waals surface area contributed by atoms with Crippen LogP contribution in [0.2, 0.25) is 0 Å². The first-order chi connectivity index (χ1) is 24.8. The largest absolute Gasteiger partial charge is 0.497 e. The van der Waals surface area contributed by atoms with E-state index in [1.165, 1.54) is 6.33 Å². The van der Waals surface area contributed by atoms with Crippen molar-refractivity contribution in [1.29, 1.82) is 0 Å². The third-order valence-electron chi connectivity index (χ3n) is 9.00. The van der Waals surface area contributed by atoms with Crippen LogP contribution in [0.3, 0.4) is 0 Å². The molecule has 7 rings (SSSR count). The summed E-state index contributed by atoms with van der Waals surface area (Å²) in [7, 11) is 3.18. The van der Waals surface area contributed by atoms with Crippen molar-refractivity contribution < 1.29 is 34.0 Å². The number of carbonyl (C=O) groups is 1. The number of imidazole rings is 1. The third kappa shape index (κ3) is 6.23. The summed E-state index contributed by atoms with van der Waals surface area (Å²) in [6, 6.07) is 33.1. The van der Waals surface area contributed by atoms with Crippen molar-refractivity contribution in [2.75, 3.05) is 26.1 Å². The number of aliphatic hydroxyl groups excluding tert-OH is 2. The summed E-state index contributed by atoms with van der Waals surface area (Å²) in [6.45, 7) is -0.202. The second-order valence-corrected chi connectivity index (χ2v) is 11.9. The Kier molecular flexibility index (Phi) is 9.34. The highest BCUT2D eigenvalue weighted by molar-refractivity contribution is 6.06. The van der Waals surface area contributed by atoms with Crippen molar-refractivity contribution in [2.24, 2.45) is 0 Å². The minimum atomic E-state index is -1.54. The fourth-order valence-corrected chi connectivity index (χ4v) is 6.40. The first-order valence-corrected chi connectivity index (χ1v) is 16.2. The number of nitrogens with zero attached hydrogens (tertiary/aromatic N) is 3. The Bertz CT molecular complexity index is 2130. The number of ether oxygens (including phenoxy) is 4. The van der Waals surface area contributed by atoms with Gasteiger partial charge in [-0.1, -0.05) is 72.8 Å². The average Bonchev–Trinajstić information content (AvgIpc) is 3.66. The first kappa shape index (κ1) is 33.6. The van der Waals surface area contributed by atoms with E-state index in [9.17, 15) is 19.8 Å². The highest BCUT2D eigenvalue weighted by Crippen LogP contribution is 2.43. The molecule has 4 atom stereocenters. The Hall–Kier alpha value is -5.86. The van der Waals surface area contributed by atoms with Crippen molar-refractivity contribution in [3.63, 3.8) is 0 Å². The molecule has 0 unspecified atom stereocenters. The van der Waals surface area contributed by atoms with Crippen LogP contribution in [-0.2, 0) is 15.1 Å². The van der Waals surface area contributed by atoms with E-state index < -0.39 is 41.7 Å². The zero-order chi connectivity index (χ0) is 35.5. The predicted octanol–water partition coefficient (Wildman–Crippen LogP) is 4.02. The van der Waals surface area contributed by atoms with E-state index in [4.69, 9.17) is 18.9 Å². The number of fused-ring (bicyclic) bond motifs is 1. The Labute approximate surface area is 292 Å². The lowest BCUT2D eigenvalue weighted by Crippen LogP contribution is -2.39. The van der Waals surface area contributed by atoms with Gasteiger partial charge in [0.2, 0.25) is 0 Å². The van der Waals surface area contributed by atoms with Gasteiger partial charge in [0.1, 0.15) is 47.3 Å². The zero-order valence-corrected chi connectivity index (χ0v) is 27.7. The summed E-state index contributed by atoms with van der Waals surface area (Å²) in [5.74, 6) is 0.937. The predicted molar refractivity (Wildman–Crippen MR) is 187 cm³/mol. The number of benzene rings is 4. The molecule has 1 fully saturated rings. The number of hydrogen-bond donors (Lipinski definition) is 4. The minimum absolute atomic E-state index is 0.0595. The molecule has 2 aromatic heterocycles. The van der Waals surface area contributed by atoms with Crippen LogP contribution in [0.1, 0.15) is 33.3 Å². The number of hydrogen-bond acceptors (Lipinski definition) is 10. The number of rotatable bonds is 11. The molecule has 0 bridgehead atoms. The molecule has 0 aliphatic carbocycles. The maximum absolute atomic E-state index is 13.4. The number of methoxy groups -OCH3 is 2. The van der Waals surface area contributed by atoms with E-state index in [2.05, 4.69) is 20.3 Å². The molecule has 4 aromatic carbocycles. The molecule has 6 aromatic rings. The zero-order valence-electron chi connectivity index (χ0n) is 27.7. The number of nitrogens with one attached hydrogen (secondary N) is 2.